The summed E-state index contributed by atoms with van der Waals surface area (Å²) >= 11 is 0. The lowest BCUT2D eigenvalue weighted by molar-refractivity contribution is -0.150. The molecular weight excluding hydrogens is 432 g/mol. The molecule has 184 valence electrons. The number of nitrogens with zero attached hydrogens (tertiary/aromatic N) is 2. The normalized spacial score (nSPS) is 16.0. The molecule has 1 unspecified atom stereocenters. The number of rotatable bonds is 10. The van der Waals surface area contributed by atoms with E-state index in [-0.39, 0.29) is 5.97 Å². The standard InChI is InChI=1S/C31H38N2O2/c1-3-31(30(34)35-4-2,28-14-9-6-10-15-28)20-11-21-32-22-24-33(25-23-32)29-18-16-27(17-19-29)26-12-7-5-8-13-26/h5-10,12-19H,3-4,11,20-25H2,1-2H3. The van der Waals surface area contributed by atoms with Crippen molar-refractivity contribution in [2.45, 2.75) is 38.5 Å². The molecule has 1 aliphatic rings. The van der Waals surface area contributed by atoms with Crippen LogP contribution in [0.15, 0.2) is 84.9 Å². The first kappa shape index (κ1) is 25.0. The third kappa shape index (κ3) is 5.94. The van der Waals surface area contributed by atoms with Gasteiger partial charge in [-0.1, -0.05) is 79.7 Å². The monoisotopic (exact) mass is 470 g/mol. The number of ether oxygens (including phenoxy) is 1. The van der Waals surface area contributed by atoms with E-state index in [4.69, 9.17) is 4.74 Å². The average molecular weight is 471 g/mol. The maximum Gasteiger partial charge on any atom is 0.316 e. The fourth-order valence-corrected chi connectivity index (χ4v) is 5.25. The van der Waals surface area contributed by atoms with Crippen molar-refractivity contribution >= 4 is 11.7 Å². The Balaban J connectivity index is 1.31. The van der Waals surface area contributed by atoms with Gasteiger partial charge in [-0.3, -0.25) is 9.69 Å². The van der Waals surface area contributed by atoms with Gasteiger partial charge in [-0.05, 0) is 61.6 Å². The van der Waals surface area contributed by atoms with Crippen LogP contribution in [0.3, 0.4) is 0 Å². The van der Waals surface area contributed by atoms with Crippen molar-refractivity contribution in [1.29, 1.82) is 0 Å². The van der Waals surface area contributed by atoms with Crippen molar-refractivity contribution < 1.29 is 9.53 Å². The van der Waals surface area contributed by atoms with Gasteiger partial charge in [-0.15, -0.1) is 0 Å². The number of benzene rings is 3. The number of carbonyl (C=O) groups is 1. The van der Waals surface area contributed by atoms with E-state index >= 15 is 0 Å². The third-order valence-electron chi connectivity index (χ3n) is 7.39. The molecule has 35 heavy (non-hydrogen) atoms. The van der Waals surface area contributed by atoms with Crippen LogP contribution in [0.25, 0.3) is 11.1 Å². The van der Waals surface area contributed by atoms with Crippen LogP contribution in [-0.4, -0.2) is 50.2 Å². The van der Waals surface area contributed by atoms with Gasteiger partial charge in [0.2, 0.25) is 0 Å². The first-order valence-electron chi connectivity index (χ1n) is 13.0. The second-order valence-electron chi connectivity index (χ2n) is 9.37. The quantitative estimate of drug-likeness (QED) is 0.332. The van der Waals surface area contributed by atoms with Crippen LogP contribution in [-0.2, 0) is 14.9 Å². The number of carbonyl (C=O) groups excluding carboxylic acids is 1. The number of esters is 1. The van der Waals surface area contributed by atoms with Gasteiger partial charge in [0.05, 0.1) is 12.0 Å². The molecule has 4 rings (SSSR count). The van der Waals surface area contributed by atoms with Crippen molar-refractivity contribution in [1.82, 2.24) is 4.90 Å². The first-order valence-corrected chi connectivity index (χ1v) is 13.0. The van der Waals surface area contributed by atoms with E-state index in [9.17, 15) is 4.79 Å². The lowest BCUT2D eigenvalue weighted by atomic mass is 9.74. The second-order valence-corrected chi connectivity index (χ2v) is 9.37. The van der Waals surface area contributed by atoms with Crippen LogP contribution in [0.5, 0.6) is 0 Å². The summed E-state index contributed by atoms with van der Waals surface area (Å²) in [6, 6.07) is 29.6. The zero-order chi connectivity index (χ0) is 24.5. The molecule has 3 aromatic carbocycles. The largest absolute Gasteiger partial charge is 0.465 e. The summed E-state index contributed by atoms with van der Waals surface area (Å²) in [5, 5.41) is 0. The molecular formula is C31H38N2O2. The van der Waals surface area contributed by atoms with Crippen molar-refractivity contribution in [2.75, 3.05) is 44.2 Å². The zero-order valence-corrected chi connectivity index (χ0v) is 21.2. The molecule has 0 aliphatic carbocycles. The Morgan fingerprint density at radius 2 is 1.40 bits per heavy atom. The van der Waals surface area contributed by atoms with Gasteiger partial charge in [0, 0.05) is 31.9 Å². The maximum absolute atomic E-state index is 13.1. The van der Waals surface area contributed by atoms with Gasteiger partial charge in [0.15, 0.2) is 0 Å². The first-order chi connectivity index (χ1) is 17.2. The summed E-state index contributed by atoms with van der Waals surface area (Å²) in [7, 11) is 0. The van der Waals surface area contributed by atoms with Gasteiger partial charge in [-0.2, -0.15) is 0 Å². The van der Waals surface area contributed by atoms with Crippen LogP contribution in [0, 0.1) is 0 Å². The summed E-state index contributed by atoms with van der Waals surface area (Å²) in [4.78, 5) is 18.1. The van der Waals surface area contributed by atoms with Crippen LogP contribution < -0.4 is 4.90 Å². The summed E-state index contributed by atoms with van der Waals surface area (Å²) < 4.78 is 5.54. The number of hydrogen-bond donors (Lipinski definition) is 0. The topological polar surface area (TPSA) is 32.8 Å². The van der Waals surface area contributed by atoms with Crippen LogP contribution in [0.2, 0.25) is 0 Å². The van der Waals surface area contributed by atoms with Crippen molar-refractivity contribution in [3.63, 3.8) is 0 Å². The lowest BCUT2D eigenvalue weighted by Gasteiger charge is -2.37. The summed E-state index contributed by atoms with van der Waals surface area (Å²) in [6.07, 6.45) is 2.55. The number of hydrogen-bond acceptors (Lipinski definition) is 4. The second kappa shape index (κ2) is 12.0. The zero-order valence-electron chi connectivity index (χ0n) is 21.2. The molecule has 1 fully saturated rings. The highest BCUT2D eigenvalue weighted by molar-refractivity contribution is 5.83. The average Bonchev–Trinajstić information content (AvgIpc) is 2.93. The minimum Gasteiger partial charge on any atom is -0.465 e. The van der Waals surface area contributed by atoms with E-state index < -0.39 is 5.41 Å². The smallest absolute Gasteiger partial charge is 0.316 e. The predicted molar refractivity (Wildman–Crippen MR) is 145 cm³/mol. The molecule has 1 saturated heterocycles. The molecule has 4 nitrogen and oxygen atoms in total. The molecule has 0 spiro atoms. The predicted octanol–water partition coefficient (Wildman–Crippen LogP) is 6.17. The van der Waals surface area contributed by atoms with Gasteiger partial charge in [-0.25, -0.2) is 0 Å². The van der Waals surface area contributed by atoms with E-state index in [0.717, 1.165) is 57.5 Å². The molecule has 1 atom stereocenters. The van der Waals surface area contributed by atoms with Crippen molar-refractivity contribution in [3.05, 3.63) is 90.5 Å². The molecule has 3 aromatic rings. The van der Waals surface area contributed by atoms with Crippen molar-refractivity contribution in [2.24, 2.45) is 0 Å². The molecule has 0 amide bonds. The fourth-order valence-electron chi connectivity index (χ4n) is 5.25. The highest BCUT2D eigenvalue weighted by Crippen LogP contribution is 2.35. The Kier molecular flexibility index (Phi) is 8.59. The van der Waals surface area contributed by atoms with E-state index in [1.165, 1.54) is 16.8 Å². The Morgan fingerprint density at radius 1 is 0.800 bits per heavy atom. The molecule has 1 aliphatic heterocycles. The summed E-state index contributed by atoms with van der Waals surface area (Å²) in [6.45, 7) is 9.56. The van der Waals surface area contributed by atoms with E-state index in [1.807, 2.05) is 25.1 Å². The highest BCUT2D eigenvalue weighted by Gasteiger charge is 2.39. The Labute approximate surface area is 210 Å². The maximum atomic E-state index is 13.1. The SMILES string of the molecule is CCOC(=O)C(CC)(CCCN1CCN(c2ccc(-c3ccccc3)cc2)CC1)c1ccccc1. The lowest BCUT2D eigenvalue weighted by Crippen LogP contribution is -2.47. The van der Waals surface area contributed by atoms with Crippen LogP contribution in [0.1, 0.15) is 38.7 Å². The highest BCUT2D eigenvalue weighted by atomic mass is 16.5. The van der Waals surface area contributed by atoms with E-state index in [1.54, 1.807) is 0 Å². The Hall–Kier alpha value is -3.11. The van der Waals surface area contributed by atoms with Crippen LogP contribution >= 0.6 is 0 Å². The molecule has 4 heteroatoms. The molecule has 1 heterocycles. The third-order valence-corrected chi connectivity index (χ3v) is 7.39. The molecule has 0 radical (unpaired) electrons. The summed E-state index contributed by atoms with van der Waals surface area (Å²) in [5.41, 5.74) is 4.32. The summed E-state index contributed by atoms with van der Waals surface area (Å²) in [5.74, 6) is -0.0857. The molecule has 0 aromatic heterocycles. The minimum atomic E-state index is -0.556. The van der Waals surface area contributed by atoms with E-state index in [2.05, 4.69) is 83.5 Å². The Bertz CT molecular complexity index is 1040. The van der Waals surface area contributed by atoms with Gasteiger partial charge in [0.1, 0.15) is 0 Å². The van der Waals surface area contributed by atoms with Gasteiger partial charge >= 0.3 is 5.97 Å². The van der Waals surface area contributed by atoms with Crippen molar-refractivity contribution in [3.8, 4) is 11.1 Å². The number of piperazine rings is 1. The van der Waals surface area contributed by atoms with Crippen LogP contribution in [0.4, 0.5) is 5.69 Å². The number of anilines is 1. The van der Waals surface area contributed by atoms with Gasteiger partial charge < -0.3 is 9.64 Å². The van der Waals surface area contributed by atoms with E-state index in [0.29, 0.717) is 6.61 Å². The molecule has 0 saturated carbocycles. The van der Waals surface area contributed by atoms with Gasteiger partial charge in [0.25, 0.3) is 0 Å². The Morgan fingerprint density at radius 3 is 2.00 bits per heavy atom. The fraction of sp³-hybridized carbons (Fsp3) is 0.387. The minimum absolute atomic E-state index is 0.0857. The molecule has 0 N–H and O–H groups in total. The molecule has 0 bridgehead atoms.